The zero-order valence-corrected chi connectivity index (χ0v) is 13.6. The molecule has 1 aromatic rings. The van der Waals surface area contributed by atoms with Crippen LogP contribution >= 0.6 is 0 Å². The van der Waals surface area contributed by atoms with E-state index in [-0.39, 0.29) is 16.6 Å². The fourth-order valence-electron chi connectivity index (χ4n) is 2.16. The van der Waals surface area contributed by atoms with Gasteiger partial charge in [0.15, 0.2) is 0 Å². The second-order valence-electron chi connectivity index (χ2n) is 5.14. The third-order valence-electron chi connectivity index (χ3n) is 3.41. The third kappa shape index (κ3) is 3.40. The van der Waals surface area contributed by atoms with E-state index in [0.29, 0.717) is 18.7 Å². The van der Waals surface area contributed by atoms with E-state index < -0.39 is 16.1 Å². The van der Waals surface area contributed by atoms with Crippen LogP contribution < -0.4 is 10.1 Å². The molecule has 8 heteroatoms. The maximum atomic E-state index is 12.3. The normalized spacial score (nSPS) is 18.5. The summed E-state index contributed by atoms with van der Waals surface area (Å²) in [5.74, 6) is -0.0420. The molecule has 2 rings (SSSR count). The average molecular weight is 328 g/mol. The van der Waals surface area contributed by atoms with Crippen LogP contribution in [-0.4, -0.2) is 52.5 Å². The number of nitrogens with one attached hydrogen (secondary N) is 1. The summed E-state index contributed by atoms with van der Waals surface area (Å²) < 4.78 is 36.1. The SMILES string of the molecule is COc1ccc(NC(=O)[C@H]2CCCO2)cc1S(=O)(=O)N(C)C. The lowest BCUT2D eigenvalue weighted by Gasteiger charge is -2.16. The Morgan fingerprint density at radius 1 is 1.41 bits per heavy atom. The Bertz CT molecular complexity index is 651. The van der Waals surface area contributed by atoms with Crippen molar-refractivity contribution >= 4 is 21.6 Å². The van der Waals surface area contributed by atoms with Gasteiger partial charge >= 0.3 is 0 Å². The molecule has 0 radical (unpaired) electrons. The van der Waals surface area contributed by atoms with Crippen molar-refractivity contribution in [3.63, 3.8) is 0 Å². The van der Waals surface area contributed by atoms with E-state index in [1.54, 1.807) is 6.07 Å². The molecule has 1 aromatic carbocycles. The van der Waals surface area contributed by atoms with E-state index in [1.807, 2.05) is 0 Å². The molecule has 0 aliphatic carbocycles. The van der Waals surface area contributed by atoms with Gasteiger partial charge in [0.2, 0.25) is 10.0 Å². The molecule has 1 N–H and O–H groups in total. The van der Waals surface area contributed by atoms with Crippen LogP contribution in [0.15, 0.2) is 23.1 Å². The number of amides is 1. The molecule has 1 atom stereocenters. The second-order valence-corrected chi connectivity index (χ2v) is 7.26. The number of benzene rings is 1. The molecule has 1 aliphatic heterocycles. The first-order valence-electron chi connectivity index (χ1n) is 6.89. The highest BCUT2D eigenvalue weighted by Crippen LogP contribution is 2.29. The molecule has 122 valence electrons. The summed E-state index contributed by atoms with van der Waals surface area (Å²) in [5, 5.41) is 2.68. The highest BCUT2D eigenvalue weighted by Gasteiger charge is 2.26. The number of ether oxygens (including phenoxy) is 2. The van der Waals surface area contributed by atoms with Crippen LogP contribution in [-0.2, 0) is 19.6 Å². The lowest BCUT2D eigenvalue weighted by Crippen LogP contribution is -2.27. The van der Waals surface area contributed by atoms with Crippen molar-refractivity contribution in [2.45, 2.75) is 23.8 Å². The predicted octanol–water partition coefficient (Wildman–Crippen LogP) is 1.06. The Morgan fingerprint density at radius 3 is 2.68 bits per heavy atom. The van der Waals surface area contributed by atoms with Crippen molar-refractivity contribution in [2.75, 3.05) is 33.1 Å². The summed E-state index contributed by atoms with van der Waals surface area (Å²) in [6, 6.07) is 4.50. The Morgan fingerprint density at radius 2 is 2.14 bits per heavy atom. The predicted molar refractivity (Wildman–Crippen MR) is 81.5 cm³/mol. The lowest BCUT2D eigenvalue weighted by molar-refractivity contribution is -0.124. The highest BCUT2D eigenvalue weighted by molar-refractivity contribution is 7.89. The van der Waals surface area contributed by atoms with Crippen LogP contribution in [0.3, 0.4) is 0 Å². The molecule has 0 bridgehead atoms. The molecule has 1 aliphatic rings. The molecule has 0 unspecified atom stereocenters. The van der Waals surface area contributed by atoms with Crippen LogP contribution in [0.25, 0.3) is 0 Å². The van der Waals surface area contributed by atoms with Gasteiger partial charge in [0.25, 0.3) is 5.91 Å². The maximum Gasteiger partial charge on any atom is 0.253 e. The first-order chi connectivity index (χ1) is 10.4. The second kappa shape index (κ2) is 6.64. The van der Waals surface area contributed by atoms with Gasteiger partial charge in [0, 0.05) is 26.4 Å². The molecule has 1 saturated heterocycles. The van der Waals surface area contributed by atoms with Gasteiger partial charge in [-0.15, -0.1) is 0 Å². The molecule has 7 nitrogen and oxygen atoms in total. The van der Waals surface area contributed by atoms with E-state index in [1.165, 1.54) is 33.3 Å². The Kier molecular flexibility index (Phi) is 5.05. The lowest BCUT2D eigenvalue weighted by atomic mass is 10.2. The van der Waals surface area contributed by atoms with Crippen molar-refractivity contribution in [2.24, 2.45) is 0 Å². The summed E-state index contributed by atoms with van der Waals surface area (Å²) >= 11 is 0. The van der Waals surface area contributed by atoms with Crippen molar-refractivity contribution < 1.29 is 22.7 Å². The van der Waals surface area contributed by atoms with Gasteiger partial charge in [-0.1, -0.05) is 0 Å². The number of sulfonamides is 1. The van der Waals surface area contributed by atoms with Gasteiger partial charge < -0.3 is 14.8 Å². The van der Waals surface area contributed by atoms with Crippen LogP contribution in [0.2, 0.25) is 0 Å². The molecular weight excluding hydrogens is 308 g/mol. The summed E-state index contributed by atoms with van der Waals surface area (Å²) in [6.45, 7) is 0.570. The van der Waals surface area contributed by atoms with Gasteiger partial charge in [-0.3, -0.25) is 4.79 Å². The third-order valence-corrected chi connectivity index (χ3v) is 5.25. The number of carbonyl (C=O) groups excluding carboxylic acids is 1. The van der Waals surface area contributed by atoms with Crippen LogP contribution in [0.4, 0.5) is 5.69 Å². The van der Waals surface area contributed by atoms with Gasteiger partial charge in [0.05, 0.1) is 7.11 Å². The van der Waals surface area contributed by atoms with Crippen LogP contribution in [0.1, 0.15) is 12.8 Å². The van der Waals surface area contributed by atoms with Gasteiger partial charge in [-0.05, 0) is 31.0 Å². The number of hydrogen-bond donors (Lipinski definition) is 1. The molecule has 1 fully saturated rings. The smallest absolute Gasteiger partial charge is 0.253 e. The molecule has 0 spiro atoms. The average Bonchev–Trinajstić information content (AvgIpc) is 3.01. The highest BCUT2D eigenvalue weighted by atomic mass is 32.2. The number of rotatable bonds is 5. The van der Waals surface area contributed by atoms with E-state index in [4.69, 9.17) is 9.47 Å². The summed E-state index contributed by atoms with van der Waals surface area (Å²) in [7, 11) is 0.600. The number of methoxy groups -OCH3 is 1. The molecule has 0 saturated carbocycles. The number of carbonyl (C=O) groups is 1. The minimum Gasteiger partial charge on any atom is -0.495 e. The monoisotopic (exact) mass is 328 g/mol. The zero-order valence-electron chi connectivity index (χ0n) is 12.8. The fourth-order valence-corrected chi connectivity index (χ4v) is 3.23. The van der Waals surface area contributed by atoms with Gasteiger partial charge in [-0.25, -0.2) is 12.7 Å². The Balaban J connectivity index is 2.29. The van der Waals surface area contributed by atoms with Gasteiger partial charge in [0.1, 0.15) is 16.7 Å². The topological polar surface area (TPSA) is 84.9 Å². The zero-order chi connectivity index (χ0) is 16.3. The molecule has 1 amide bonds. The molecule has 1 heterocycles. The molecule has 0 aromatic heterocycles. The van der Waals surface area contributed by atoms with E-state index in [2.05, 4.69) is 5.32 Å². The van der Waals surface area contributed by atoms with E-state index in [9.17, 15) is 13.2 Å². The van der Waals surface area contributed by atoms with Crippen LogP contribution in [0, 0.1) is 0 Å². The van der Waals surface area contributed by atoms with Crippen molar-refractivity contribution in [1.29, 1.82) is 0 Å². The fraction of sp³-hybridized carbons (Fsp3) is 0.500. The Labute approximate surface area is 130 Å². The van der Waals surface area contributed by atoms with Crippen molar-refractivity contribution in [1.82, 2.24) is 4.31 Å². The molecular formula is C14H20N2O5S. The summed E-state index contributed by atoms with van der Waals surface area (Å²) in [4.78, 5) is 12.0. The minimum absolute atomic E-state index is 0.00476. The van der Waals surface area contributed by atoms with E-state index >= 15 is 0 Å². The number of hydrogen-bond acceptors (Lipinski definition) is 5. The first kappa shape index (κ1) is 16.7. The minimum atomic E-state index is -3.67. The summed E-state index contributed by atoms with van der Waals surface area (Å²) in [6.07, 6.45) is 1.04. The summed E-state index contributed by atoms with van der Waals surface area (Å²) in [5.41, 5.74) is 0.390. The standard InChI is InChI=1S/C14H20N2O5S/c1-16(2)22(18,19)13-9-10(6-7-11(13)20-3)15-14(17)12-5-4-8-21-12/h6-7,9,12H,4-5,8H2,1-3H3,(H,15,17)/t12-/m1/s1. The quantitative estimate of drug-likeness (QED) is 0.874. The number of anilines is 1. The first-order valence-corrected chi connectivity index (χ1v) is 8.33. The number of nitrogens with zero attached hydrogens (tertiary/aromatic N) is 1. The molecule has 22 heavy (non-hydrogen) atoms. The van der Waals surface area contributed by atoms with Crippen LogP contribution in [0.5, 0.6) is 5.75 Å². The Hall–Kier alpha value is -1.64. The maximum absolute atomic E-state index is 12.3. The van der Waals surface area contributed by atoms with Crippen molar-refractivity contribution in [3.05, 3.63) is 18.2 Å². The largest absolute Gasteiger partial charge is 0.495 e. The van der Waals surface area contributed by atoms with Gasteiger partial charge in [-0.2, -0.15) is 0 Å². The van der Waals surface area contributed by atoms with Crippen molar-refractivity contribution in [3.8, 4) is 5.75 Å². The van der Waals surface area contributed by atoms with E-state index in [0.717, 1.165) is 10.7 Å².